The summed E-state index contributed by atoms with van der Waals surface area (Å²) in [6.45, 7) is 0. The molecule has 0 aliphatic heterocycles. The molecule has 86 valence electrons. The van der Waals surface area contributed by atoms with Gasteiger partial charge in [-0.1, -0.05) is 0 Å². The van der Waals surface area contributed by atoms with Gasteiger partial charge in [0, 0.05) is 22.7 Å². The molecule has 0 bridgehead atoms. The predicted molar refractivity (Wildman–Crippen MR) is 64.2 cm³/mol. The molecule has 1 aliphatic carbocycles. The highest BCUT2D eigenvalue weighted by atomic mass is 127. The third-order valence-electron chi connectivity index (χ3n) is 2.66. The molecule has 0 saturated heterocycles. The first kappa shape index (κ1) is 11.8. The van der Waals surface area contributed by atoms with Gasteiger partial charge >= 0.3 is 0 Å². The molecule has 0 atom stereocenters. The van der Waals surface area contributed by atoms with Crippen molar-refractivity contribution in [3.8, 4) is 0 Å². The second-order valence-electron chi connectivity index (χ2n) is 3.89. The highest BCUT2D eigenvalue weighted by molar-refractivity contribution is 14.1. The third-order valence-corrected chi connectivity index (χ3v) is 3.48. The number of hydrogen-bond donors (Lipinski definition) is 0. The average molecular weight is 337 g/mol. The SMILES string of the molecule is CN(C(=O)c1cc(I)c(F)cc1F)C1CC1. The van der Waals surface area contributed by atoms with E-state index in [9.17, 15) is 13.6 Å². The van der Waals surface area contributed by atoms with Crippen molar-refractivity contribution in [1.82, 2.24) is 4.90 Å². The minimum Gasteiger partial charge on any atom is -0.339 e. The average Bonchev–Trinajstić information content (AvgIpc) is 3.05. The molecule has 2 nitrogen and oxygen atoms in total. The minimum absolute atomic E-state index is 0.0554. The molecule has 1 aromatic carbocycles. The van der Waals surface area contributed by atoms with Crippen LogP contribution in [0.25, 0.3) is 0 Å². The predicted octanol–water partition coefficient (Wildman–Crippen LogP) is 2.80. The van der Waals surface area contributed by atoms with Crippen LogP contribution in [0.5, 0.6) is 0 Å². The van der Waals surface area contributed by atoms with Gasteiger partial charge in [-0.05, 0) is 41.5 Å². The molecule has 1 fully saturated rings. The van der Waals surface area contributed by atoms with Crippen LogP contribution in [0.1, 0.15) is 23.2 Å². The van der Waals surface area contributed by atoms with Crippen LogP contribution in [0, 0.1) is 15.2 Å². The lowest BCUT2D eigenvalue weighted by Crippen LogP contribution is -2.29. The maximum atomic E-state index is 13.4. The molecule has 5 heteroatoms. The van der Waals surface area contributed by atoms with Crippen molar-refractivity contribution < 1.29 is 13.6 Å². The van der Waals surface area contributed by atoms with Gasteiger partial charge < -0.3 is 4.90 Å². The number of carbonyl (C=O) groups excluding carboxylic acids is 1. The molecular formula is C11H10F2INO. The van der Waals surface area contributed by atoms with E-state index >= 15 is 0 Å². The van der Waals surface area contributed by atoms with E-state index in [2.05, 4.69) is 0 Å². The molecule has 0 spiro atoms. The zero-order valence-electron chi connectivity index (χ0n) is 8.64. The smallest absolute Gasteiger partial charge is 0.256 e. The summed E-state index contributed by atoms with van der Waals surface area (Å²) in [6, 6.07) is 2.23. The Hall–Kier alpha value is -0.720. The fraction of sp³-hybridized carbons (Fsp3) is 0.364. The zero-order valence-corrected chi connectivity index (χ0v) is 10.8. The maximum Gasteiger partial charge on any atom is 0.256 e. The summed E-state index contributed by atoms with van der Waals surface area (Å²) < 4.78 is 26.7. The fourth-order valence-electron chi connectivity index (χ4n) is 1.50. The van der Waals surface area contributed by atoms with E-state index in [4.69, 9.17) is 0 Å². The Morgan fingerprint density at radius 2 is 2.00 bits per heavy atom. The molecule has 1 aromatic rings. The number of nitrogens with zero attached hydrogens (tertiary/aromatic N) is 1. The van der Waals surface area contributed by atoms with Gasteiger partial charge in [-0.25, -0.2) is 8.78 Å². The lowest BCUT2D eigenvalue weighted by atomic mass is 10.2. The van der Waals surface area contributed by atoms with E-state index in [1.807, 2.05) is 0 Å². The summed E-state index contributed by atoms with van der Waals surface area (Å²) in [7, 11) is 1.65. The molecule has 1 aliphatic rings. The fourth-order valence-corrected chi connectivity index (χ4v) is 1.97. The first-order chi connectivity index (χ1) is 7.50. The molecule has 2 rings (SSSR count). The van der Waals surface area contributed by atoms with Crippen molar-refractivity contribution >= 4 is 28.5 Å². The number of rotatable bonds is 2. The van der Waals surface area contributed by atoms with Gasteiger partial charge in [-0.15, -0.1) is 0 Å². The highest BCUT2D eigenvalue weighted by Gasteiger charge is 2.31. The topological polar surface area (TPSA) is 20.3 Å². The Balaban J connectivity index is 2.32. The van der Waals surface area contributed by atoms with E-state index in [0.717, 1.165) is 18.9 Å². The van der Waals surface area contributed by atoms with E-state index in [-0.39, 0.29) is 21.1 Å². The first-order valence-corrected chi connectivity index (χ1v) is 6.00. The minimum atomic E-state index is -0.796. The number of benzene rings is 1. The normalized spacial score (nSPS) is 15.0. The van der Waals surface area contributed by atoms with Crippen molar-refractivity contribution in [1.29, 1.82) is 0 Å². The molecule has 0 radical (unpaired) electrons. The molecule has 1 saturated carbocycles. The Labute approximate surface area is 106 Å². The lowest BCUT2D eigenvalue weighted by Gasteiger charge is -2.16. The van der Waals surface area contributed by atoms with Crippen LogP contribution in [0.3, 0.4) is 0 Å². The summed E-state index contributed by atoms with van der Waals surface area (Å²) >= 11 is 1.74. The summed E-state index contributed by atoms with van der Waals surface area (Å²) in [6.07, 6.45) is 1.92. The number of amides is 1. The van der Waals surface area contributed by atoms with Crippen molar-refractivity contribution in [3.05, 3.63) is 32.9 Å². The van der Waals surface area contributed by atoms with Crippen LogP contribution in [-0.4, -0.2) is 23.9 Å². The van der Waals surface area contributed by atoms with E-state index in [1.165, 1.54) is 11.0 Å². The van der Waals surface area contributed by atoms with Crippen LogP contribution >= 0.6 is 22.6 Å². The highest BCUT2D eigenvalue weighted by Crippen LogP contribution is 2.27. The van der Waals surface area contributed by atoms with E-state index in [0.29, 0.717) is 0 Å². The van der Waals surface area contributed by atoms with Gasteiger partial charge in [0.1, 0.15) is 11.6 Å². The van der Waals surface area contributed by atoms with E-state index in [1.54, 1.807) is 29.6 Å². The molecule has 0 aromatic heterocycles. The van der Waals surface area contributed by atoms with Crippen molar-refractivity contribution in [2.45, 2.75) is 18.9 Å². The van der Waals surface area contributed by atoms with Gasteiger partial charge in [0.05, 0.1) is 5.56 Å². The number of halogens is 3. The van der Waals surface area contributed by atoms with Gasteiger partial charge in [0.15, 0.2) is 0 Å². The molecule has 0 heterocycles. The molecule has 16 heavy (non-hydrogen) atoms. The summed E-state index contributed by atoms with van der Waals surface area (Å²) in [5.41, 5.74) is -0.0554. The standard InChI is InChI=1S/C11H10F2INO/c1-15(6-2-3-6)11(16)7-4-10(14)9(13)5-8(7)12/h4-6H,2-3H2,1H3. The van der Waals surface area contributed by atoms with Gasteiger partial charge in [0.25, 0.3) is 5.91 Å². The second-order valence-corrected chi connectivity index (χ2v) is 5.06. The Kier molecular flexibility index (Phi) is 3.14. The van der Waals surface area contributed by atoms with Crippen LogP contribution in [-0.2, 0) is 0 Å². The molecule has 0 N–H and O–H groups in total. The van der Waals surface area contributed by atoms with Gasteiger partial charge in [-0.3, -0.25) is 4.79 Å². The Morgan fingerprint density at radius 1 is 1.38 bits per heavy atom. The monoisotopic (exact) mass is 337 g/mol. The quantitative estimate of drug-likeness (QED) is 0.600. The molecule has 0 unspecified atom stereocenters. The van der Waals surface area contributed by atoms with Crippen LogP contribution in [0.2, 0.25) is 0 Å². The molecular weight excluding hydrogens is 327 g/mol. The van der Waals surface area contributed by atoms with Crippen molar-refractivity contribution in [3.63, 3.8) is 0 Å². The van der Waals surface area contributed by atoms with Gasteiger partial charge in [0.2, 0.25) is 0 Å². The second kappa shape index (κ2) is 4.27. The zero-order chi connectivity index (χ0) is 11.9. The van der Waals surface area contributed by atoms with Crippen LogP contribution < -0.4 is 0 Å². The maximum absolute atomic E-state index is 13.4. The number of hydrogen-bond acceptors (Lipinski definition) is 1. The largest absolute Gasteiger partial charge is 0.339 e. The Morgan fingerprint density at radius 3 is 2.56 bits per heavy atom. The van der Waals surface area contributed by atoms with E-state index < -0.39 is 11.6 Å². The summed E-state index contributed by atoms with van der Waals surface area (Å²) in [4.78, 5) is 13.4. The third kappa shape index (κ3) is 2.18. The van der Waals surface area contributed by atoms with Crippen molar-refractivity contribution in [2.24, 2.45) is 0 Å². The van der Waals surface area contributed by atoms with Crippen molar-refractivity contribution in [2.75, 3.05) is 7.05 Å². The van der Waals surface area contributed by atoms with Crippen LogP contribution in [0.4, 0.5) is 8.78 Å². The summed E-state index contributed by atoms with van der Waals surface area (Å²) in [5.74, 6) is -1.81. The van der Waals surface area contributed by atoms with Crippen LogP contribution in [0.15, 0.2) is 12.1 Å². The van der Waals surface area contributed by atoms with Gasteiger partial charge in [-0.2, -0.15) is 0 Å². The number of carbonyl (C=O) groups is 1. The summed E-state index contributed by atoms with van der Waals surface area (Å²) in [5, 5.41) is 0. The lowest BCUT2D eigenvalue weighted by molar-refractivity contribution is 0.0780. The Bertz CT molecular complexity index is 446. The first-order valence-electron chi connectivity index (χ1n) is 4.92. The molecule has 1 amide bonds.